The van der Waals surface area contributed by atoms with Gasteiger partial charge in [-0.1, -0.05) is 37.3 Å². The molecule has 0 radical (unpaired) electrons. The van der Waals surface area contributed by atoms with Gasteiger partial charge in [-0.3, -0.25) is 0 Å². The fourth-order valence-corrected chi connectivity index (χ4v) is 1.75. The summed E-state index contributed by atoms with van der Waals surface area (Å²) < 4.78 is 10.3. The van der Waals surface area contributed by atoms with Gasteiger partial charge in [0.05, 0.1) is 0 Å². The van der Waals surface area contributed by atoms with Crippen molar-refractivity contribution in [2.75, 3.05) is 6.54 Å². The molecule has 0 spiro atoms. The SMILES string of the molecule is CC[C@H](CNC(=O)OCc1ccccc1)NC(=O)OC(C)(C)C. The van der Waals surface area contributed by atoms with Crippen molar-refractivity contribution in [1.29, 1.82) is 0 Å². The van der Waals surface area contributed by atoms with E-state index < -0.39 is 17.8 Å². The molecule has 2 amide bonds. The summed E-state index contributed by atoms with van der Waals surface area (Å²) in [6.45, 7) is 7.80. The fraction of sp³-hybridized carbons (Fsp3) is 0.529. The Morgan fingerprint density at radius 3 is 2.35 bits per heavy atom. The molecule has 0 aliphatic carbocycles. The fourth-order valence-electron chi connectivity index (χ4n) is 1.75. The van der Waals surface area contributed by atoms with Crippen LogP contribution in [-0.2, 0) is 16.1 Å². The standard InChI is InChI=1S/C17H26N2O4/c1-5-14(19-16(21)23-17(2,3)4)11-18-15(20)22-12-13-9-7-6-8-10-13/h6-10,14H,5,11-12H2,1-4H3,(H,18,20)(H,19,21)/t14-/m1/s1. The van der Waals surface area contributed by atoms with Crippen molar-refractivity contribution in [2.45, 2.75) is 52.4 Å². The van der Waals surface area contributed by atoms with E-state index in [0.29, 0.717) is 6.42 Å². The zero-order valence-corrected chi connectivity index (χ0v) is 14.2. The maximum Gasteiger partial charge on any atom is 0.407 e. The summed E-state index contributed by atoms with van der Waals surface area (Å²) in [5.74, 6) is 0. The second-order valence-corrected chi connectivity index (χ2v) is 6.19. The summed E-state index contributed by atoms with van der Waals surface area (Å²) >= 11 is 0. The van der Waals surface area contributed by atoms with Gasteiger partial charge in [0.15, 0.2) is 0 Å². The number of amides is 2. The molecule has 0 saturated carbocycles. The predicted molar refractivity (Wildman–Crippen MR) is 88.1 cm³/mol. The van der Waals surface area contributed by atoms with Crippen LogP contribution >= 0.6 is 0 Å². The molecule has 2 N–H and O–H groups in total. The van der Waals surface area contributed by atoms with Gasteiger partial charge >= 0.3 is 12.2 Å². The van der Waals surface area contributed by atoms with Crippen LogP contribution in [0.1, 0.15) is 39.7 Å². The Labute approximate surface area is 137 Å². The summed E-state index contributed by atoms with van der Waals surface area (Å²) in [6.07, 6.45) is -0.347. The molecule has 1 aromatic carbocycles. The summed E-state index contributed by atoms with van der Waals surface area (Å²) in [6, 6.07) is 9.22. The van der Waals surface area contributed by atoms with Crippen LogP contribution in [0.15, 0.2) is 30.3 Å². The molecule has 6 nitrogen and oxygen atoms in total. The monoisotopic (exact) mass is 322 g/mol. The van der Waals surface area contributed by atoms with Crippen molar-refractivity contribution < 1.29 is 19.1 Å². The number of hydrogen-bond donors (Lipinski definition) is 2. The average Bonchev–Trinajstić information content (AvgIpc) is 2.48. The Morgan fingerprint density at radius 2 is 1.78 bits per heavy atom. The lowest BCUT2D eigenvalue weighted by Crippen LogP contribution is -2.45. The first-order chi connectivity index (χ1) is 10.8. The van der Waals surface area contributed by atoms with Gasteiger partial charge in [0.25, 0.3) is 0 Å². The lowest BCUT2D eigenvalue weighted by atomic mass is 10.2. The van der Waals surface area contributed by atoms with Crippen LogP contribution in [0.5, 0.6) is 0 Å². The van der Waals surface area contributed by atoms with E-state index in [2.05, 4.69) is 10.6 Å². The molecule has 6 heteroatoms. The highest BCUT2D eigenvalue weighted by atomic mass is 16.6. The van der Waals surface area contributed by atoms with E-state index in [1.54, 1.807) is 20.8 Å². The van der Waals surface area contributed by atoms with Crippen LogP contribution in [0.4, 0.5) is 9.59 Å². The van der Waals surface area contributed by atoms with Crippen molar-refractivity contribution >= 4 is 12.2 Å². The lowest BCUT2D eigenvalue weighted by Gasteiger charge is -2.23. The van der Waals surface area contributed by atoms with Gasteiger partial charge < -0.3 is 20.1 Å². The zero-order chi connectivity index (χ0) is 17.3. The summed E-state index contributed by atoms with van der Waals surface area (Å²) in [4.78, 5) is 23.4. The number of rotatable bonds is 6. The highest BCUT2D eigenvalue weighted by Crippen LogP contribution is 2.07. The van der Waals surface area contributed by atoms with Gasteiger partial charge in [-0.25, -0.2) is 9.59 Å². The highest BCUT2D eigenvalue weighted by molar-refractivity contribution is 5.69. The van der Waals surface area contributed by atoms with E-state index >= 15 is 0 Å². The molecular formula is C17H26N2O4. The van der Waals surface area contributed by atoms with Gasteiger partial charge in [-0.05, 0) is 32.8 Å². The molecule has 0 fully saturated rings. The Kier molecular flexibility index (Phi) is 7.38. The maximum absolute atomic E-state index is 11.7. The van der Waals surface area contributed by atoms with Crippen LogP contribution in [0.2, 0.25) is 0 Å². The molecular weight excluding hydrogens is 296 g/mol. The Bertz CT molecular complexity index is 497. The topological polar surface area (TPSA) is 76.7 Å². The van der Waals surface area contributed by atoms with Crippen LogP contribution in [-0.4, -0.2) is 30.4 Å². The number of benzene rings is 1. The van der Waals surface area contributed by atoms with Gasteiger partial charge in [-0.15, -0.1) is 0 Å². The molecule has 0 unspecified atom stereocenters. The molecule has 1 rings (SSSR count). The van der Waals surface area contributed by atoms with Crippen LogP contribution in [0.25, 0.3) is 0 Å². The molecule has 128 valence electrons. The van der Waals surface area contributed by atoms with E-state index in [1.807, 2.05) is 37.3 Å². The van der Waals surface area contributed by atoms with Gasteiger partial charge in [0, 0.05) is 12.6 Å². The summed E-state index contributed by atoms with van der Waals surface area (Å²) in [5.41, 5.74) is 0.367. The molecule has 0 saturated heterocycles. The predicted octanol–water partition coefficient (Wildman–Crippen LogP) is 3.22. The summed E-state index contributed by atoms with van der Waals surface area (Å²) in [5, 5.41) is 5.36. The first-order valence-corrected chi connectivity index (χ1v) is 7.74. The average molecular weight is 322 g/mol. The van der Waals surface area contributed by atoms with E-state index in [1.165, 1.54) is 0 Å². The minimum atomic E-state index is -0.551. The largest absolute Gasteiger partial charge is 0.445 e. The van der Waals surface area contributed by atoms with E-state index in [9.17, 15) is 9.59 Å². The van der Waals surface area contributed by atoms with Gasteiger partial charge in [0.1, 0.15) is 12.2 Å². The van der Waals surface area contributed by atoms with E-state index in [0.717, 1.165) is 5.56 Å². The number of carbonyl (C=O) groups is 2. The second kappa shape index (κ2) is 9.02. The maximum atomic E-state index is 11.7. The number of nitrogens with one attached hydrogen (secondary N) is 2. The number of alkyl carbamates (subject to hydrolysis) is 2. The normalized spacial score (nSPS) is 12.2. The zero-order valence-electron chi connectivity index (χ0n) is 14.2. The van der Waals surface area contributed by atoms with Crippen LogP contribution in [0, 0.1) is 0 Å². The van der Waals surface area contributed by atoms with Crippen molar-refractivity contribution in [1.82, 2.24) is 10.6 Å². The Balaban J connectivity index is 2.30. The smallest absolute Gasteiger partial charge is 0.407 e. The second-order valence-electron chi connectivity index (χ2n) is 6.19. The van der Waals surface area contributed by atoms with E-state index in [-0.39, 0.29) is 19.2 Å². The quantitative estimate of drug-likeness (QED) is 0.843. The minimum absolute atomic E-state index is 0.211. The van der Waals surface area contributed by atoms with E-state index in [4.69, 9.17) is 9.47 Å². The number of hydrogen-bond acceptors (Lipinski definition) is 4. The molecule has 0 aromatic heterocycles. The first kappa shape index (κ1) is 18.8. The van der Waals surface area contributed by atoms with Crippen molar-refractivity contribution in [3.05, 3.63) is 35.9 Å². The molecule has 0 aliphatic heterocycles. The molecule has 0 heterocycles. The number of ether oxygens (including phenoxy) is 2. The first-order valence-electron chi connectivity index (χ1n) is 7.74. The van der Waals surface area contributed by atoms with Crippen molar-refractivity contribution in [2.24, 2.45) is 0 Å². The number of carbonyl (C=O) groups excluding carboxylic acids is 2. The highest BCUT2D eigenvalue weighted by Gasteiger charge is 2.19. The van der Waals surface area contributed by atoms with Crippen molar-refractivity contribution in [3.8, 4) is 0 Å². The Hall–Kier alpha value is -2.24. The summed E-state index contributed by atoms with van der Waals surface area (Å²) in [7, 11) is 0. The molecule has 23 heavy (non-hydrogen) atoms. The molecule has 0 aliphatic rings. The van der Waals surface area contributed by atoms with Crippen molar-refractivity contribution in [3.63, 3.8) is 0 Å². The van der Waals surface area contributed by atoms with Crippen LogP contribution in [0.3, 0.4) is 0 Å². The Morgan fingerprint density at radius 1 is 1.13 bits per heavy atom. The van der Waals surface area contributed by atoms with Gasteiger partial charge in [-0.2, -0.15) is 0 Å². The minimum Gasteiger partial charge on any atom is -0.445 e. The van der Waals surface area contributed by atoms with Crippen LogP contribution < -0.4 is 10.6 Å². The molecule has 0 bridgehead atoms. The molecule has 1 atom stereocenters. The molecule has 1 aromatic rings. The third-order valence-electron chi connectivity index (χ3n) is 2.92. The third-order valence-corrected chi connectivity index (χ3v) is 2.92. The lowest BCUT2D eigenvalue weighted by molar-refractivity contribution is 0.0501. The van der Waals surface area contributed by atoms with Gasteiger partial charge in [0.2, 0.25) is 0 Å². The third kappa shape index (κ3) is 8.70.